The second kappa shape index (κ2) is 7.51. The first kappa shape index (κ1) is 19.1. The van der Waals surface area contributed by atoms with Crippen LogP contribution in [0.5, 0.6) is 0 Å². The molecule has 1 aromatic carbocycles. The molecule has 1 fully saturated rings. The zero-order valence-electron chi connectivity index (χ0n) is 13.9. The van der Waals surface area contributed by atoms with E-state index >= 15 is 0 Å². The number of hydrogen-bond donors (Lipinski definition) is 1. The van der Waals surface area contributed by atoms with Crippen LogP contribution in [0.25, 0.3) is 0 Å². The summed E-state index contributed by atoms with van der Waals surface area (Å²) < 4.78 is 27.9. The summed E-state index contributed by atoms with van der Waals surface area (Å²) in [5.74, 6) is 0. The second-order valence-corrected chi connectivity index (χ2v) is 10.3. The van der Waals surface area contributed by atoms with Crippen LogP contribution in [-0.2, 0) is 10.0 Å². The Morgan fingerprint density at radius 3 is 2.42 bits per heavy atom. The number of nitrogens with zero attached hydrogens (tertiary/aromatic N) is 3. The highest BCUT2D eigenvalue weighted by atomic mass is 79.9. The average Bonchev–Trinajstić information content (AvgIpc) is 3.08. The molecule has 2 heterocycles. The molecule has 1 saturated heterocycles. The molecule has 0 amide bonds. The molecule has 0 saturated carbocycles. The van der Waals surface area contributed by atoms with Crippen molar-refractivity contribution in [3.8, 4) is 0 Å². The van der Waals surface area contributed by atoms with Crippen LogP contribution in [-0.4, -0.2) is 50.9 Å². The van der Waals surface area contributed by atoms with Crippen LogP contribution in [0.2, 0.25) is 0 Å². The molecule has 1 aliphatic rings. The number of anilines is 2. The van der Waals surface area contributed by atoms with Gasteiger partial charge in [-0.3, -0.25) is 10.1 Å². The molecular weight excluding hydrogens is 444 g/mol. The summed E-state index contributed by atoms with van der Waals surface area (Å²) in [5.41, 5.74) is 1.28. The van der Waals surface area contributed by atoms with Gasteiger partial charge >= 0.3 is 0 Å². The molecule has 0 radical (unpaired) electrons. The molecule has 0 atom stereocenters. The van der Waals surface area contributed by atoms with Gasteiger partial charge in [-0.25, -0.2) is 8.42 Å². The third-order valence-corrected chi connectivity index (χ3v) is 8.18. The topological polar surface area (TPSA) is 95.8 Å². The Morgan fingerprint density at radius 1 is 1.19 bits per heavy atom. The van der Waals surface area contributed by atoms with Crippen molar-refractivity contribution in [3.63, 3.8) is 0 Å². The SMILES string of the molecule is CNc1cc(N2CCN(S(=O)(=O)c3ccc(Br)s3)CC2)ccc1[N+](=O)[O-]. The summed E-state index contributed by atoms with van der Waals surface area (Å²) in [6, 6.07) is 8.21. The van der Waals surface area contributed by atoms with E-state index in [0.717, 1.165) is 9.47 Å². The third kappa shape index (κ3) is 3.70. The van der Waals surface area contributed by atoms with Crippen LogP contribution in [0.1, 0.15) is 0 Å². The Labute approximate surface area is 163 Å². The maximum absolute atomic E-state index is 12.7. The number of hydrogen-bond acceptors (Lipinski definition) is 7. The van der Waals surface area contributed by atoms with E-state index < -0.39 is 14.9 Å². The Kier molecular flexibility index (Phi) is 5.51. The molecule has 0 spiro atoms. The first-order valence-electron chi connectivity index (χ1n) is 7.79. The first-order valence-corrected chi connectivity index (χ1v) is 10.8. The van der Waals surface area contributed by atoms with Gasteiger partial charge in [0.05, 0.1) is 8.71 Å². The Morgan fingerprint density at radius 2 is 1.88 bits per heavy atom. The largest absolute Gasteiger partial charge is 0.383 e. The zero-order chi connectivity index (χ0) is 18.9. The smallest absolute Gasteiger partial charge is 0.292 e. The van der Waals surface area contributed by atoms with E-state index in [-0.39, 0.29) is 5.69 Å². The fourth-order valence-corrected chi connectivity index (χ4v) is 6.42. The minimum atomic E-state index is -3.48. The number of benzene rings is 1. The highest BCUT2D eigenvalue weighted by molar-refractivity contribution is 9.11. The van der Waals surface area contributed by atoms with E-state index in [1.165, 1.54) is 21.7 Å². The van der Waals surface area contributed by atoms with Crippen molar-refractivity contribution in [2.75, 3.05) is 43.4 Å². The van der Waals surface area contributed by atoms with Gasteiger partial charge in [0.2, 0.25) is 0 Å². The molecule has 140 valence electrons. The molecule has 11 heteroatoms. The number of sulfonamides is 1. The van der Waals surface area contributed by atoms with Crippen molar-refractivity contribution in [2.24, 2.45) is 0 Å². The number of rotatable bonds is 5. The van der Waals surface area contributed by atoms with Gasteiger partial charge in [-0.1, -0.05) is 0 Å². The van der Waals surface area contributed by atoms with Gasteiger partial charge in [0.15, 0.2) is 0 Å². The van der Waals surface area contributed by atoms with Crippen LogP contribution < -0.4 is 10.2 Å². The summed E-state index contributed by atoms with van der Waals surface area (Å²) in [6.07, 6.45) is 0. The minimum Gasteiger partial charge on any atom is -0.383 e. The van der Waals surface area contributed by atoms with Gasteiger partial charge in [-0.2, -0.15) is 4.31 Å². The van der Waals surface area contributed by atoms with E-state index in [1.807, 2.05) is 4.90 Å². The summed E-state index contributed by atoms with van der Waals surface area (Å²) in [6.45, 7) is 1.77. The number of nitro benzene ring substituents is 1. The monoisotopic (exact) mass is 460 g/mol. The van der Waals surface area contributed by atoms with E-state index in [9.17, 15) is 18.5 Å². The van der Waals surface area contributed by atoms with Crippen molar-refractivity contribution < 1.29 is 13.3 Å². The molecule has 2 aromatic rings. The lowest BCUT2D eigenvalue weighted by Gasteiger charge is -2.35. The van der Waals surface area contributed by atoms with Crippen LogP contribution in [0, 0.1) is 10.1 Å². The van der Waals surface area contributed by atoms with Crippen LogP contribution in [0.4, 0.5) is 17.1 Å². The maximum atomic E-state index is 12.7. The van der Waals surface area contributed by atoms with Crippen LogP contribution in [0.3, 0.4) is 0 Å². The van der Waals surface area contributed by atoms with Gasteiger partial charge < -0.3 is 10.2 Å². The van der Waals surface area contributed by atoms with E-state index in [1.54, 1.807) is 31.3 Å². The highest BCUT2D eigenvalue weighted by Crippen LogP contribution is 2.31. The molecule has 1 aromatic heterocycles. The molecule has 0 aliphatic carbocycles. The van der Waals surface area contributed by atoms with Crippen LogP contribution in [0.15, 0.2) is 38.3 Å². The number of thiophene rings is 1. The summed E-state index contributed by atoms with van der Waals surface area (Å²) in [5, 5.41) is 13.9. The third-order valence-electron chi connectivity index (χ3n) is 4.19. The van der Waals surface area contributed by atoms with Crippen molar-refractivity contribution >= 4 is 54.4 Å². The molecule has 0 unspecified atom stereocenters. The number of nitro groups is 1. The van der Waals surface area contributed by atoms with Crippen LogP contribution >= 0.6 is 27.3 Å². The average molecular weight is 461 g/mol. The lowest BCUT2D eigenvalue weighted by molar-refractivity contribution is -0.383. The number of nitrogens with one attached hydrogen (secondary N) is 1. The van der Waals surface area contributed by atoms with Crippen molar-refractivity contribution in [2.45, 2.75) is 4.21 Å². The Hall–Kier alpha value is -1.69. The normalized spacial score (nSPS) is 15.8. The van der Waals surface area contributed by atoms with Gasteiger partial charge in [-0.15, -0.1) is 11.3 Å². The van der Waals surface area contributed by atoms with Gasteiger partial charge in [-0.05, 0) is 40.2 Å². The summed E-state index contributed by atoms with van der Waals surface area (Å²) >= 11 is 4.49. The predicted molar refractivity (Wildman–Crippen MR) is 106 cm³/mol. The predicted octanol–water partition coefficient (Wildman–Crippen LogP) is 2.97. The standard InChI is InChI=1S/C15H17BrN4O4S2/c1-17-12-10-11(2-3-13(12)20(21)22)18-6-8-19(9-7-18)26(23,24)15-5-4-14(16)25-15/h2-5,10,17H,6-9H2,1H3. The molecule has 3 rings (SSSR count). The fourth-order valence-electron chi connectivity index (χ4n) is 2.83. The fraction of sp³-hybridized carbons (Fsp3) is 0.333. The van der Waals surface area contributed by atoms with Gasteiger partial charge in [0, 0.05) is 45.0 Å². The summed E-state index contributed by atoms with van der Waals surface area (Å²) in [4.78, 5) is 12.6. The minimum absolute atomic E-state index is 0.0146. The zero-order valence-corrected chi connectivity index (χ0v) is 17.1. The van der Waals surface area contributed by atoms with Gasteiger partial charge in [0.1, 0.15) is 9.90 Å². The summed E-state index contributed by atoms with van der Waals surface area (Å²) in [7, 11) is -1.85. The molecule has 26 heavy (non-hydrogen) atoms. The second-order valence-electron chi connectivity index (χ2n) is 5.66. The number of piperazine rings is 1. The molecule has 0 bridgehead atoms. The van der Waals surface area contributed by atoms with E-state index in [4.69, 9.17) is 0 Å². The Bertz CT molecular complexity index is 923. The van der Waals surface area contributed by atoms with Crippen molar-refractivity contribution in [1.82, 2.24) is 4.31 Å². The van der Waals surface area contributed by atoms with Crippen molar-refractivity contribution in [3.05, 3.63) is 44.2 Å². The lowest BCUT2D eigenvalue weighted by Crippen LogP contribution is -2.48. The van der Waals surface area contributed by atoms with Gasteiger partial charge in [0.25, 0.3) is 15.7 Å². The molecule has 1 N–H and O–H groups in total. The lowest BCUT2D eigenvalue weighted by atomic mass is 10.2. The molecule has 8 nitrogen and oxygen atoms in total. The quantitative estimate of drug-likeness (QED) is 0.544. The Balaban J connectivity index is 1.73. The van der Waals surface area contributed by atoms with Crippen molar-refractivity contribution in [1.29, 1.82) is 0 Å². The molecular formula is C15H17BrN4O4S2. The van der Waals surface area contributed by atoms with E-state index in [0.29, 0.717) is 36.1 Å². The molecule has 1 aliphatic heterocycles. The first-order chi connectivity index (χ1) is 12.3. The maximum Gasteiger partial charge on any atom is 0.292 e. The number of halogens is 1. The highest BCUT2D eigenvalue weighted by Gasteiger charge is 2.30. The van der Waals surface area contributed by atoms with E-state index in [2.05, 4.69) is 21.2 Å².